The van der Waals surface area contributed by atoms with Gasteiger partial charge in [0.25, 0.3) is 0 Å². The Bertz CT molecular complexity index is 380. The Morgan fingerprint density at radius 2 is 2.07 bits per heavy atom. The molecule has 1 heteroatoms. The summed E-state index contributed by atoms with van der Waals surface area (Å²) in [5, 5.41) is 0. The second-order valence-corrected chi connectivity index (χ2v) is 4.56. The number of carbonyl (C=O) groups excluding carboxylic acids is 1. The van der Waals surface area contributed by atoms with Gasteiger partial charge in [0.15, 0.2) is 0 Å². The lowest BCUT2D eigenvalue weighted by Gasteiger charge is -2.16. The van der Waals surface area contributed by atoms with Gasteiger partial charge in [0.2, 0.25) is 0 Å². The maximum atomic E-state index is 11.8. The van der Waals surface area contributed by atoms with Crippen LogP contribution >= 0.6 is 0 Å². The average Bonchev–Trinajstić information content (AvgIpc) is 2.58. The molecular formula is C14H16O. The minimum absolute atomic E-state index is 0.305. The normalized spacial score (nSPS) is 30.5. The number of hydrogen-bond acceptors (Lipinski definition) is 1. The van der Waals surface area contributed by atoms with Crippen LogP contribution in [-0.4, -0.2) is 5.78 Å². The molecule has 0 aliphatic heterocycles. The zero-order chi connectivity index (χ0) is 10.9. The predicted octanol–water partition coefficient (Wildman–Crippen LogP) is 3.33. The molecule has 15 heavy (non-hydrogen) atoms. The lowest BCUT2D eigenvalue weighted by atomic mass is 9.86. The number of Topliss-reactive ketones (excluding diaryl/α,β-unsaturated/α-hetero) is 1. The van der Waals surface area contributed by atoms with Gasteiger partial charge in [-0.05, 0) is 24.8 Å². The maximum absolute atomic E-state index is 11.8. The van der Waals surface area contributed by atoms with Crippen molar-refractivity contribution in [2.45, 2.75) is 25.7 Å². The minimum atomic E-state index is -0.305. The molecular weight excluding hydrogens is 184 g/mol. The van der Waals surface area contributed by atoms with E-state index in [1.165, 1.54) is 5.56 Å². The van der Waals surface area contributed by atoms with Crippen LogP contribution in [0.25, 0.3) is 0 Å². The first-order valence-corrected chi connectivity index (χ1v) is 5.37. The van der Waals surface area contributed by atoms with Crippen molar-refractivity contribution in [3.63, 3.8) is 0 Å². The number of benzene rings is 1. The van der Waals surface area contributed by atoms with E-state index in [1.807, 2.05) is 25.1 Å². The zero-order valence-corrected chi connectivity index (χ0v) is 9.07. The van der Waals surface area contributed by atoms with Crippen molar-refractivity contribution in [3.8, 4) is 0 Å². The van der Waals surface area contributed by atoms with E-state index < -0.39 is 0 Å². The molecule has 0 spiro atoms. The highest BCUT2D eigenvalue weighted by molar-refractivity contribution is 5.89. The Kier molecular flexibility index (Phi) is 2.47. The highest BCUT2D eigenvalue weighted by atomic mass is 16.1. The van der Waals surface area contributed by atoms with E-state index in [0.717, 1.165) is 6.42 Å². The van der Waals surface area contributed by atoms with E-state index >= 15 is 0 Å². The van der Waals surface area contributed by atoms with Crippen LogP contribution < -0.4 is 0 Å². The molecule has 2 atom stereocenters. The van der Waals surface area contributed by atoms with E-state index in [4.69, 9.17) is 0 Å². The van der Waals surface area contributed by atoms with Crippen molar-refractivity contribution in [3.05, 3.63) is 48.6 Å². The fourth-order valence-electron chi connectivity index (χ4n) is 2.31. The first-order chi connectivity index (χ1) is 7.15. The van der Waals surface area contributed by atoms with Gasteiger partial charge in [-0.15, -0.1) is 6.58 Å². The van der Waals surface area contributed by atoms with Crippen molar-refractivity contribution >= 4 is 5.78 Å². The molecule has 78 valence electrons. The van der Waals surface area contributed by atoms with E-state index in [0.29, 0.717) is 18.1 Å². The number of hydrogen-bond donors (Lipinski definition) is 0. The van der Waals surface area contributed by atoms with Crippen molar-refractivity contribution in [1.29, 1.82) is 0 Å². The molecule has 1 aromatic rings. The van der Waals surface area contributed by atoms with E-state index in [9.17, 15) is 4.79 Å². The molecule has 1 fully saturated rings. The lowest BCUT2D eigenvalue weighted by Crippen LogP contribution is -2.17. The smallest absolute Gasteiger partial charge is 0.143 e. The Morgan fingerprint density at radius 3 is 2.60 bits per heavy atom. The molecule has 1 aromatic carbocycles. The highest BCUT2D eigenvalue weighted by Gasteiger charge is 2.40. The van der Waals surface area contributed by atoms with Gasteiger partial charge in [-0.1, -0.05) is 36.4 Å². The quantitative estimate of drug-likeness (QED) is 0.669. The summed E-state index contributed by atoms with van der Waals surface area (Å²) in [5.74, 6) is 0.702. The van der Waals surface area contributed by atoms with Crippen LogP contribution in [0.4, 0.5) is 0 Å². The molecule has 0 N–H and O–H groups in total. The van der Waals surface area contributed by atoms with Gasteiger partial charge in [-0.25, -0.2) is 0 Å². The van der Waals surface area contributed by atoms with E-state index in [-0.39, 0.29) is 5.41 Å². The summed E-state index contributed by atoms with van der Waals surface area (Å²) < 4.78 is 0. The third-order valence-corrected chi connectivity index (χ3v) is 3.46. The van der Waals surface area contributed by atoms with E-state index in [1.54, 1.807) is 6.08 Å². The van der Waals surface area contributed by atoms with Gasteiger partial charge in [-0.3, -0.25) is 4.79 Å². The van der Waals surface area contributed by atoms with Crippen LogP contribution in [0, 0.1) is 5.41 Å². The van der Waals surface area contributed by atoms with Crippen molar-refractivity contribution in [1.82, 2.24) is 0 Å². The summed E-state index contributed by atoms with van der Waals surface area (Å²) in [4.78, 5) is 11.8. The SMILES string of the molecule is C=C[C@@]1(C)C[C@@H](c2ccccc2)CC1=O. The standard InChI is InChI=1S/C14H16O/c1-3-14(2)10-12(9-13(14)15)11-7-5-4-6-8-11/h3-8,12H,1,9-10H2,2H3/t12-,14-/m0/s1. The molecule has 1 nitrogen and oxygen atoms in total. The summed E-state index contributed by atoms with van der Waals surface area (Å²) in [6, 6.07) is 10.3. The maximum Gasteiger partial charge on any atom is 0.143 e. The van der Waals surface area contributed by atoms with Gasteiger partial charge in [0.1, 0.15) is 5.78 Å². The Morgan fingerprint density at radius 1 is 1.40 bits per heavy atom. The number of carbonyl (C=O) groups is 1. The Balaban J connectivity index is 2.24. The van der Waals surface area contributed by atoms with Crippen LogP contribution in [0.2, 0.25) is 0 Å². The van der Waals surface area contributed by atoms with Crippen molar-refractivity contribution in [2.75, 3.05) is 0 Å². The van der Waals surface area contributed by atoms with Crippen LogP contribution in [0.1, 0.15) is 31.2 Å². The fourth-order valence-corrected chi connectivity index (χ4v) is 2.31. The summed E-state index contributed by atoms with van der Waals surface area (Å²) in [7, 11) is 0. The van der Waals surface area contributed by atoms with Gasteiger partial charge in [0, 0.05) is 11.8 Å². The number of allylic oxidation sites excluding steroid dienone is 1. The second kappa shape index (κ2) is 3.65. The van der Waals surface area contributed by atoms with Crippen LogP contribution in [0.5, 0.6) is 0 Å². The van der Waals surface area contributed by atoms with E-state index in [2.05, 4.69) is 18.7 Å². The zero-order valence-electron chi connectivity index (χ0n) is 9.07. The topological polar surface area (TPSA) is 17.1 Å². The summed E-state index contributed by atoms with van der Waals surface area (Å²) in [6.07, 6.45) is 3.37. The molecule has 1 aliphatic rings. The van der Waals surface area contributed by atoms with Gasteiger partial charge >= 0.3 is 0 Å². The average molecular weight is 200 g/mol. The summed E-state index contributed by atoms with van der Waals surface area (Å²) >= 11 is 0. The summed E-state index contributed by atoms with van der Waals surface area (Å²) in [5.41, 5.74) is 0.969. The van der Waals surface area contributed by atoms with Crippen LogP contribution in [0.3, 0.4) is 0 Å². The molecule has 0 amide bonds. The van der Waals surface area contributed by atoms with Crippen LogP contribution in [-0.2, 0) is 4.79 Å². The predicted molar refractivity (Wildman–Crippen MR) is 61.7 cm³/mol. The molecule has 0 aromatic heterocycles. The lowest BCUT2D eigenvalue weighted by molar-refractivity contribution is -0.123. The fraction of sp³-hybridized carbons (Fsp3) is 0.357. The highest BCUT2D eigenvalue weighted by Crippen LogP contribution is 2.44. The third-order valence-electron chi connectivity index (χ3n) is 3.46. The molecule has 0 saturated heterocycles. The molecule has 0 bridgehead atoms. The number of rotatable bonds is 2. The number of ketones is 1. The molecule has 1 aliphatic carbocycles. The third kappa shape index (κ3) is 1.74. The molecule has 0 unspecified atom stereocenters. The largest absolute Gasteiger partial charge is 0.299 e. The van der Waals surface area contributed by atoms with Gasteiger partial charge < -0.3 is 0 Å². The summed E-state index contributed by atoms with van der Waals surface area (Å²) in [6.45, 7) is 5.76. The monoisotopic (exact) mass is 200 g/mol. The molecule has 0 radical (unpaired) electrons. The van der Waals surface area contributed by atoms with Crippen molar-refractivity contribution in [2.24, 2.45) is 5.41 Å². The van der Waals surface area contributed by atoms with Gasteiger partial charge in [-0.2, -0.15) is 0 Å². The minimum Gasteiger partial charge on any atom is -0.299 e. The molecule has 2 rings (SSSR count). The Labute approximate surface area is 90.8 Å². The van der Waals surface area contributed by atoms with Gasteiger partial charge in [0.05, 0.1) is 0 Å². The first kappa shape index (κ1) is 10.2. The molecule has 1 saturated carbocycles. The van der Waals surface area contributed by atoms with Crippen molar-refractivity contribution < 1.29 is 4.79 Å². The second-order valence-electron chi connectivity index (χ2n) is 4.56. The Hall–Kier alpha value is -1.37. The first-order valence-electron chi connectivity index (χ1n) is 5.37. The molecule has 0 heterocycles. The van der Waals surface area contributed by atoms with Crippen LogP contribution in [0.15, 0.2) is 43.0 Å².